The van der Waals surface area contributed by atoms with Crippen molar-refractivity contribution in [2.45, 2.75) is 25.9 Å². The van der Waals surface area contributed by atoms with Crippen LogP contribution in [0.4, 0.5) is 0 Å². The molecule has 64 valence electrons. The summed E-state index contributed by atoms with van der Waals surface area (Å²) in [6.45, 7) is 5.19. The molecule has 0 spiro atoms. The first kappa shape index (κ1) is 7.81. The Morgan fingerprint density at radius 2 is 2.25 bits per heavy atom. The van der Waals surface area contributed by atoms with Gasteiger partial charge in [-0.2, -0.15) is 0 Å². The Morgan fingerprint density at radius 1 is 1.50 bits per heavy atom. The van der Waals surface area contributed by atoms with Crippen LogP contribution >= 0.6 is 0 Å². The van der Waals surface area contributed by atoms with Crippen LogP contribution in [0.1, 0.15) is 24.5 Å². The molecule has 1 aromatic carbocycles. The average Bonchev–Trinajstić information content (AvgIpc) is 2.84. The van der Waals surface area contributed by atoms with E-state index >= 15 is 0 Å². The van der Waals surface area contributed by atoms with Crippen LogP contribution in [0, 0.1) is 6.92 Å². The number of rotatable bonds is 2. The van der Waals surface area contributed by atoms with Gasteiger partial charge in [0.15, 0.2) is 0 Å². The molecule has 1 heteroatoms. The molecule has 0 amide bonds. The predicted molar refractivity (Wildman–Crippen MR) is 49.1 cm³/mol. The Morgan fingerprint density at radius 3 is 2.75 bits per heavy atom. The molecule has 0 N–H and O–H groups in total. The summed E-state index contributed by atoms with van der Waals surface area (Å²) in [5.41, 5.74) is 2.73. The van der Waals surface area contributed by atoms with E-state index in [1.54, 1.807) is 0 Å². The Bertz CT molecular complexity index is 287. The van der Waals surface area contributed by atoms with Gasteiger partial charge in [-0.15, -0.1) is 0 Å². The number of aryl methyl sites for hydroxylation is 1. The average molecular weight is 162 g/mol. The third-order valence-corrected chi connectivity index (χ3v) is 2.61. The van der Waals surface area contributed by atoms with Gasteiger partial charge in [0.25, 0.3) is 0 Å². The van der Waals surface area contributed by atoms with Crippen LogP contribution in [-0.4, -0.2) is 6.61 Å². The Hall–Kier alpha value is -0.820. The largest absolute Gasteiger partial charge is 0.365 e. The van der Waals surface area contributed by atoms with Crippen molar-refractivity contribution in [3.05, 3.63) is 35.4 Å². The monoisotopic (exact) mass is 162 g/mol. The number of ether oxygens (including phenoxy) is 1. The first-order valence-electron chi connectivity index (χ1n) is 4.48. The molecule has 0 aromatic heterocycles. The smallest absolute Gasteiger partial charge is 0.116 e. The molecular weight excluding hydrogens is 148 g/mol. The standard InChI is InChI=1S/C11H14O/c1-3-11(8-12-11)10-6-4-5-9(2)7-10/h4-7H,3,8H2,1-2H3. The predicted octanol–water partition coefficient (Wildman–Crippen LogP) is 2.63. The Kier molecular flexibility index (Phi) is 1.69. The summed E-state index contributed by atoms with van der Waals surface area (Å²) in [6.07, 6.45) is 1.08. The second-order valence-corrected chi connectivity index (χ2v) is 3.51. The molecule has 1 fully saturated rings. The van der Waals surface area contributed by atoms with E-state index in [1.807, 2.05) is 0 Å². The molecule has 2 rings (SSSR count). The minimum absolute atomic E-state index is 0.0754. The lowest BCUT2D eigenvalue weighted by atomic mass is 9.96. The molecule has 1 unspecified atom stereocenters. The van der Waals surface area contributed by atoms with E-state index in [1.165, 1.54) is 11.1 Å². The molecule has 1 heterocycles. The van der Waals surface area contributed by atoms with E-state index in [9.17, 15) is 0 Å². The first-order valence-corrected chi connectivity index (χ1v) is 4.48. The highest BCUT2D eigenvalue weighted by molar-refractivity contribution is 5.30. The van der Waals surface area contributed by atoms with Crippen LogP contribution < -0.4 is 0 Å². The normalized spacial score (nSPS) is 27.2. The lowest BCUT2D eigenvalue weighted by molar-refractivity contribution is 0.301. The molecule has 1 aliphatic rings. The summed E-state index contributed by atoms with van der Waals surface area (Å²) in [7, 11) is 0. The van der Waals surface area contributed by atoms with E-state index < -0.39 is 0 Å². The van der Waals surface area contributed by atoms with Crippen molar-refractivity contribution in [1.82, 2.24) is 0 Å². The second kappa shape index (κ2) is 2.60. The molecule has 0 bridgehead atoms. The lowest BCUT2D eigenvalue weighted by Gasteiger charge is -2.09. The summed E-state index contributed by atoms with van der Waals surface area (Å²) in [5.74, 6) is 0. The fraction of sp³-hybridized carbons (Fsp3) is 0.455. The zero-order valence-corrected chi connectivity index (χ0v) is 7.63. The fourth-order valence-electron chi connectivity index (χ4n) is 1.59. The van der Waals surface area contributed by atoms with Crippen molar-refractivity contribution in [3.63, 3.8) is 0 Å². The topological polar surface area (TPSA) is 12.5 Å². The van der Waals surface area contributed by atoms with Gasteiger partial charge in [0.2, 0.25) is 0 Å². The number of benzene rings is 1. The van der Waals surface area contributed by atoms with Crippen molar-refractivity contribution in [2.75, 3.05) is 6.61 Å². The third-order valence-electron chi connectivity index (χ3n) is 2.61. The quantitative estimate of drug-likeness (QED) is 0.609. The second-order valence-electron chi connectivity index (χ2n) is 3.51. The number of epoxide rings is 1. The number of hydrogen-bond donors (Lipinski definition) is 0. The van der Waals surface area contributed by atoms with Crippen LogP contribution in [-0.2, 0) is 10.3 Å². The van der Waals surface area contributed by atoms with Gasteiger partial charge in [0.1, 0.15) is 5.60 Å². The maximum absolute atomic E-state index is 5.49. The number of hydrogen-bond acceptors (Lipinski definition) is 1. The molecule has 1 nitrogen and oxygen atoms in total. The van der Waals surface area contributed by atoms with Crippen molar-refractivity contribution in [2.24, 2.45) is 0 Å². The van der Waals surface area contributed by atoms with Crippen molar-refractivity contribution < 1.29 is 4.74 Å². The highest BCUT2D eigenvalue weighted by Crippen LogP contribution is 2.41. The molecule has 0 aliphatic carbocycles. The molecule has 1 saturated heterocycles. The van der Waals surface area contributed by atoms with Crippen molar-refractivity contribution in [3.8, 4) is 0 Å². The molecule has 1 atom stereocenters. The molecular formula is C11H14O. The van der Waals surface area contributed by atoms with Gasteiger partial charge >= 0.3 is 0 Å². The Labute approximate surface area is 73.4 Å². The van der Waals surface area contributed by atoms with E-state index in [0.717, 1.165) is 13.0 Å². The van der Waals surface area contributed by atoms with Crippen LogP contribution in [0.5, 0.6) is 0 Å². The highest BCUT2D eigenvalue weighted by Gasteiger charge is 2.44. The van der Waals surface area contributed by atoms with Crippen LogP contribution in [0.15, 0.2) is 24.3 Å². The summed E-state index contributed by atoms with van der Waals surface area (Å²) in [6, 6.07) is 8.60. The SMILES string of the molecule is CCC1(c2cccc(C)c2)CO1. The zero-order chi connectivity index (χ0) is 8.60. The molecule has 0 saturated carbocycles. The summed E-state index contributed by atoms with van der Waals surface area (Å²) in [5, 5.41) is 0. The van der Waals surface area contributed by atoms with Gasteiger partial charge in [0, 0.05) is 0 Å². The van der Waals surface area contributed by atoms with Crippen LogP contribution in [0.25, 0.3) is 0 Å². The summed E-state index contributed by atoms with van der Waals surface area (Å²) >= 11 is 0. The zero-order valence-electron chi connectivity index (χ0n) is 7.63. The van der Waals surface area contributed by atoms with Crippen molar-refractivity contribution in [1.29, 1.82) is 0 Å². The lowest BCUT2D eigenvalue weighted by Crippen LogP contribution is -2.06. The third kappa shape index (κ3) is 1.14. The van der Waals surface area contributed by atoms with Gasteiger partial charge in [-0.05, 0) is 18.9 Å². The van der Waals surface area contributed by atoms with Gasteiger partial charge in [0.05, 0.1) is 6.61 Å². The molecule has 1 aliphatic heterocycles. The van der Waals surface area contributed by atoms with Crippen LogP contribution in [0.2, 0.25) is 0 Å². The van der Waals surface area contributed by atoms with Crippen molar-refractivity contribution >= 4 is 0 Å². The van der Waals surface area contributed by atoms with E-state index in [-0.39, 0.29) is 5.60 Å². The van der Waals surface area contributed by atoms with E-state index in [2.05, 4.69) is 38.1 Å². The Balaban J connectivity index is 2.34. The van der Waals surface area contributed by atoms with Gasteiger partial charge in [-0.3, -0.25) is 0 Å². The maximum Gasteiger partial charge on any atom is 0.116 e. The van der Waals surface area contributed by atoms with Gasteiger partial charge < -0.3 is 4.74 Å². The molecule has 12 heavy (non-hydrogen) atoms. The molecule has 1 aromatic rings. The first-order chi connectivity index (χ1) is 5.77. The minimum atomic E-state index is 0.0754. The fourth-order valence-corrected chi connectivity index (χ4v) is 1.59. The summed E-state index contributed by atoms with van der Waals surface area (Å²) in [4.78, 5) is 0. The van der Waals surface area contributed by atoms with Crippen LogP contribution in [0.3, 0.4) is 0 Å². The highest BCUT2D eigenvalue weighted by atomic mass is 16.6. The van der Waals surface area contributed by atoms with E-state index in [4.69, 9.17) is 4.74 Å². The van der Waals surface area contributed by atoms with Gasteiger partial charge in [-0.25, -0.2) is 0 Å². The van der Waals surface area contributed by atoms with E-state index in [0.29, 0.717) is 0 Å². The maximum atomic E-state index is 5.49. The summed E-state index contributed by atoms with van der Waals surface area (Å²) < 4.78 is 5.49. The van der Waals surface area contributed by atoms with Gasteiger partial charge in [-0.1, -0.05) is 36.8 Å². The molecule has 0 radical (unpaired) electrons. The minimum Gasteiger partial charge on any atom is -0.365 e.